The van der Waals surface area contributed by atoms with Crippen molar-refractivity contribution in [1.82, 2.24) is 10.6 Å². The van der Waals surface area contributed by atoms with Gasteiger partial charge in [-0.25, -0.2) is 0 Å². The summed E-state index contributed by atoms with van der Waals surface area (Å²) in [5.74, 6) is 0.208. The molecule has 0 aromatic heterocycles. The van der Waals surface area contributed by atoms with Crippen LogP contribution < -0.4 is 10.6 Å². The van der Waals surface area contributed by atoms with Crippen LogP contribution in [0, 0.1) is 5.92 Å². The summed E-state index contributed by atoms with van der Waals surface area (Å²) in [6, 6.07) is 7.32. The zero-order chi connectivity index (χ0) is 16.2. The van der Waals surface area contributed by atoms with Crippen molar-refractivity contribution >= 4 is 11.8 Å². The van der Waals surface area contributed by atoms with E-state index >= 15 is 0 Å². The van der Waals surface area contributed by atoms with Crippen LogP contribution in [-0.2, 0) is 16.0 Å². The van der Waals surface area contributed by atoms with E-state index in [0.29, 0.717) is 18.0 Å². The van der Waals surface area contributed by atoms with Gasteiger partial charge in [0, 0.05) is 23.6 Å². The van der Waals surface area contributed by atoms with Crippen LogP contribution in [0.3, 0.4) is 0 Å². The highest BCUT2D eigenvalue weighted by molar-refractivity contribution is 5.81. The highest BCUT2D eigenvalue weighted by Crippen LogP contribution is 2.27. The quantitative estimate of drug-likeness (QED) is 0.776. The van der Waals surface area contributed by atoms with E-state index in [-0.39, 0.29) is 35.9 Å². The molecule has 0 heterocycles. The Morgan fingerprint density at radius 2 is 1.83 bits per heavy atom. The van der Waals surface area contributed by atoms with Crippen LogP contribution in [0.2, 0.25) is 0 Å². The Hall–Kier alpha value is -2.04. The molecule has 3 rings (SSSR count). The molecule has 0 unspecified atom stereocenters. The van der Waals surface area contributed by atoms with Gasteiger partial charge in [-0.3, -0.25) is 9.59 Å². The molecule has 3 N–H and O–H groups in total. The Morgan fingerprint density at radius 3 is 2.57 bits per heavy atom. The Labute approximate surface area is 136 Å². The average Bonchev–Trinajstić information content (AvgIpc) is 3.34. The van der Waals surface area contributed by atoms with Crippen LogP contribution in [0.25, 0.3) is 0 Å². The lowest BCUT2D eigenvalue weighted by atomic mass is 9.85. The zero-order valence-electron chi connectivity index (χ0n) is 13.3. The summed E-state index contributed by atoms with van der Waals surface area (Å²) < 4.78 is 0. The monoisotopic (exact) mass is 316 g/mol. The maximum Gasteiger partial charge on any atom is 0.224 e. The van der Waals surface area contributed by atoms with E-state index in [1.54, 1.807) is 24.3 Å². The maximum atomic E-state index is 12.2. The van der Waals surface area contributed by atoms with Gasteiger partial charge in [0.25, 0.3) is 0 Å². The lowest BCUT2D eigenvalue weighted by Crippen LogP contribution is -2.43. The summed E-state index contributed by atoms with van der Waals surface area (Å²) in [6.07, 6.45) is 5.86. The third kappa shape index (κ3) is 4.47. The highest BCUT2D eigenvalue weighted by atomic mass is 16.3. The summed E-state index contributed by atoms with van der Waals surface area (Å²) in [4.78, 5) is 24.3. The molecule has 2 fully saturated rings. The van der Waals surface area contributed by atoms with Crippen LogP contribution in [0.4, 0.5) is 0 Å². The van der Waals surface area contributed by atoms with Crippen LogP contribution in [-0.4, -0.2) is 29.0 Å². The molecule has 5 heteroatoms. The first kappa shape index (κ1) is 15.8. The van der Waals surface area contributed by atoms with Crippen molar-refractivity contribution in [2.45, 2.75) is 57.0 Å². The molecule has 2 amide bonds. The number of phenols is 1. The maximum absolute atomic E-state index is 12.2. The molecule has 0 spiro atoms. The molecule has 23 heavy (non-hydrogen) atoms. The molecular weight excluding hydrogens is 292 g/mol. The van der Waals surface area contributed by atoms with E-state index < -0.39 is 0 Å². The summed E-state index contributed by atoms with van der Waals surface area (Å²) in [5, 5.41) is 15.8. The number of hydrogen-bond acceptors (Lipinski definition) is 3. The molecule has 0 bridgehead atoms. The first-order chi connectivity index (χ1) is 11.1. The number of amides is 2. The van der Waals surface area contributed by atoms with Gasteiger partial charge in [0.15, 0.2) is 0 Å². The molecule has 1 aromatic carbocycles. The highest BCUT2D eigenvalue weighted by Gasteiger charge is 2.31. The van der Waals surface area contributed by atoms with Crippen LogP contribution in [0.1, 0.15) is 44.1 Å². The van der Waals surface area contributed by atoms with Crippen LogP contribution >= 0.6 is 0 Å². The summed E-state index contributed by atoms with van der Waals surface area (Å²) in [7, 11) is 0. The average molecular weight is 316 g/mol. The molecule has 5 nitrogen and oxygen atoms in total. The minimum Gasteiger partial charge on any atom is -0.508 e. The lowest BCUT2D eigenvalue weighted by Gasteiger charge is -2.29. The second-order valence-electron chi connectivity index (χ2n) is 6.72. The second-order valence-corrected chi connectivity index (χ2v) is 6.72. The second kappa shape index (κ2) is 7.02. The van der Waals surface area contributed by atoms with Gasteiger partial charge in [-0.15, -0.1) is 0 Å². The summed E-state index contributed by atoms with van der Waals surface area (Å²) in [5.41, 5.74) is 0.629. The Balaban J connectivity index is 1.49. The smallest absolute Gasteiger partial charge is 0.224 e. The third-order valence-electron chi connectivity index (χ3n) is 4.68. The van der Waals surface area contributed by atoms with E-state index in [1.807, 2.05) is 0 Å². The fourth-order valence-electron chi connectivity index (χ4n) is 3.22. The van der Waals surface area contributed by atoms with E-state index in [1.165, 1.54) is 0 Å². The van der Waals surface area contributed by atoms with Gasteiger partial charge in [-0.05, 0) is 38.2 Å². The Kier molecular flexibility index (Phi) is 4.84. The van der Waals surface area contributed by atoms with E-state index in [0.717, 1.165) is 32.1 Å². The van der Waals surface area contributed by atoms with Gasteiger partial charge < -0.3 is 15.7 Å². The minimum absolute atomic E-state index is 0.0137. The van der Waals surface area contributed by atoms with Gasteiger partial charge in [-0.1, -0.05) is 24.6 Å². The number of carbonyl (C=O) groups excluding carboxylic acids is 2. The van der Waals surface area contributed by atoms with Crippen molar-refractivity contribution in [3.8, 4) is 5.75 Å². The molecular formula is C18H24N2O3. The molecule has 1 aromatic rings. The summed E-state index contributed by atoms with van der Waals surface area (Å²) >= 11 is 0. The molecule has 2 atom stereocenters. The van der Waals surface area contributed by atoms with Gasteiger partial charge >= 0.3 is 0 Å². The largest absolute Gasteiger partial charge is 0.508 e. The normalized spacial score (nSPS) is 24.0. The molecule has 2 aliphatic carbocycles. The summed E-state index contributed by atoms with van der Waals surface area (Å²) in [6.45, 7) is 0. The van der Waals surface area contributed by atoms with E-state index in [9.17, 15) is 14.7 Å². The number of benzene rings is 1. The van der Waals surface area contributed by atoms with E-state index in [2.05, 4.69) is 10.6 Å². The number of carbonyl (C=O) groups is 2. The molecule has 0 saturated heterocycles. The first-order valence-electron chi connectivity index (χ1n) is 8.48. The minimum atomic E-state index is -0.0975. The van der Waals surface area contributed by atoms with Crippen molar-refractivity contribution in [3.05, 3.63) is 29.8 Å². The van der Waals surface area contributed by atoms with Crippen LogP contribution in [0.5, 0.6) is 5.75 Å². The molecule has 0 radical (unpaired) electrons. The third-order valence-corrected chi connectivity index (χ3v) is 4.68. The zero-order valence-corrected chi connectivity index (χ0v) is 13.3. The predicted octanol–water partition coefficient (Wildman–Crippen LogP) is 1.89. The fraction of sp³-hybridized carbons (Fsp3) is 0.556. The molecule has 0 aliphatic heterocycles. The van der Waals surface area contributed by atoms with Crippen LogP contribution in [0.15, 0.2) is 24.3 Å². The number of aromatic hydroxyl groups is 1. The van der Waals surface area contributed by atoms with Crippen molar-refractivity contribution in [2.24, 2.45) is 5.92 Å². The number of phenolic OH excluding ortho intramolecular Hbond substituents is 1. The van der Waals surface area contributed by atoms with Crippen molar-refractivity contribution in [2.75, 3.05) is 0 Å². The predicted molar refractivity (Wildman–Crippen MR) is 86.9 cm³/mol. The van der Waals surface area contributed by atoms with Crippen molar-refractivity contribution in [1.29, 1.82) is 0 Å². The fourth-order valence-corrected chi connectivity index (χ4v) is 3.22. The van der Waals surface area contributed by atoms with Crippen molar-refractivity contribution in [3.63, 3.8) is 0 Å². The standard InChI is InChI=1S/C18H24N2O3/c21-16-7-2-1-4-12(16)11-17(22)19-15-6-3-5-13(10-15)18(23)20-14-8-9-14/h1-2,4,7,13-15,21H,3,5-6,8-11H2,(H,19,22)(H,20,23)/t13-,15-/m1/s1. The molecule has 124 valence electrons. The number of rotatable bonds is 5. The number of hydrogen-bond donors (Lipinski definition) is 3. The van der Waals surface area contributed by atoms with Crippen molar-refractivity contribution < 1.29 is 14.7 Å². The Morgan fingerprint density at radius 1 is 1.04 bits per heavy atom. The SMILES string of the molecule is O=C(Cc1ccccc1O)N[C@@H]1CCC[C@@H](C(=O)NC2CC2)C1. The lowest BCUT2D eigenvalue weighted by molar-refractivity contribution is -0.127. The van der Waals surface area contributed by atoms with Gasteiger partial charge in [0.05, 0.1) is 6.42 Å². The first-order valence-corrected chi connectivity index (χ1v) is 8.48. The number of para-hydroxylation sites is 1. The van der Waals surface area contributed by atoms with Gasteiger partial charge in [-0.2, -0.15) is 0 Å². The van der Waals surface area contributed by atoms with Gasteiger partial charge in [0.2, 0.25) is 11.8 Å². The molecule has 2 aliphatic rings. The number of nitrogens with one attached hydrogen (secondary N) is 2. The van der Waals surface area contributed by atoms with E-state index in [4.69, 9.17) is 0 Å². The molecule has 2 saturated carbocycles. The topological polar surface area (TPSA) is 78.4 Å². The Bertz CT molecular complexity index is 583. The van der Waals surface area contributed by atoms with Gasteiger partial charge in [0.1, 0.15) is 5.75 Å².